The van der Waals surface area contributed by atoms with Crippen LogP contribution in [0.2, 0.25) is 0 Å². The van der Waals surface area contributed by atoms with Gasteiger partial charge in [0.05, 0.1) is 12.1 Å². The van der Waals surface area contributed by atoms with E-state index in [-0.39, 0.29) is 12.3 Å². The van der Waals surface area contributed by atoms with Gasteiger partial charge in [0, 0.05) is 0 Å². The summed E-state index contributed by atoms with van der Waals surface area (Å²) in [4.78, 5) is 49.1. The molecule has 0 radical (unpaired) electrons. The van der Waals surface area contributed by atoms with Crippen LogP contribution >= 0.6 is 23.5 Å². The molecule has 0 bridgehead atoms. The fourth-order valence-corrected chi connectivity index (χ4v) is 3.43. The van der Waals surface area contributed by atoms with Crippen molar-refractivity contribution in [1.82, 2.24) is 16.0 Å². The van der Waals surface area contributed by atoms with Crippen molar-refractivity contribution >= 4 is 47.2 Å². The molecule has 180 valence electrons. The first-order valence-electron chi connectivity index (χ1n) is 10.0. The number of nitrogens with one attached hydrogen (secondary N) is 3. The molecule has 31 heavy (non-hydrogen) atoms. The molecule has 0 heterocycles. The Balaban J connectivity index is 5.33. The summed E-state index contributed by atoms with van der Waals surface area (Å²) in [5.41, 5.74) is 5.85. The lowest BCUT2D eigenvalue weighted by Crippen LogP contribution is -2.60. The predicted molar refractivity (Wildman–Crippen MR) is 124 cm³/mol. The van der Waals surface area contributed by atoms with E-state index in [1.165, 1.54) is 30.4 Å². The first-order valence-corrected chi connectivity index (χ1v) is 12.8. The summed E-state index contributed by atoms with van der Waals surface area (Å²) in [6.07, 6.45) is 2.87. The smallest absolute Gasteiger partial charge is 0.326 e. The van der Waals surface area contributed by atoms with Crippen LogP contribution in [0.15, 0.2) is 0 Å². The molecule has 0 rings (SSSR count). The topological polar surface area (TPSA) is 171 Å². The van der Waals surface area contributed by atoms with Crippen molar-refractivity contribution in [3.05, 3.63) is 0 Å². The second-order valence-electron chi connectivity index (χ2n) is 7.52. The minimum Gasteiger partial charge on any atom is -0.480 e. The van der Waals surface area contributed by atoms with E-state index in [9.17, 15) is 29.4 Å². The zero-order valence-electron chi connectivity index (χ0n) is 18.7. The van der Waals surface area contributed by atoms with Gasteiger partial charge in [0.15, 0.2) is 0 Å². The zero-order valence-corrected chi connectivity index (χ0v) is 20.3. The standard InChI is InChI=1S/C19H36N4O6S2/c1-10(2)14(20)17(26)21-12(6-8-30-4)16(25)23-15(11(3)24)18(27)22-13(19(28)29)7-9-31-5/h10-15,24H,6-9,20H2,1-5H3,(H,21,26)(H,22,27)(H,23,25)(H,28,29). The average Bonchev–Trinajstić information content (AvgIpc) is 2.70. The maximum absolute atomic E-state index is 12.8. The number of carboxylic acids is 1. The van der Waals surface area contributed by atoms with Gasteiger partial charge in [0.1, 0.15) is 18.1 Å². The Bertz CT molecular complexity index is 606. The van der Waals surface area contributed by atoms with Gasteiger partial charge < -0.3 is 31.9 Å². The van der Waals surface area contributed by atoms with E-state index in [0.29, 0.717) is 17.9 Å². The van der Waals surface area contributed by atoms with Gasteiger partial charge in [-0.3, -0.25) is 14.4 Å². The van der Waals surface area contributed by atoms with E-state index in [0.717, 1.165) is 0 Å². The fourth-order valence-electron chi connectivity index (χ4n) is 2.49. The fraction of sp³-hybridized carbons (Fsp3) is 0.789. The lowest BCUT2D eigenvalue weighted by atomic mass is 10.0. The number of rotatable bonds is 15. The molecular formula is C19H36N4O6S2. The second kappa shape index (κ2) is 15.3. The van der Waals surface area contributed by atoms with Crippen molar-refractivity contribution in [3.8, 4) is 0 Å². The van der Waals surface area contributed by atoms with Crippen molar-refractivity contribution in [2.45, 2.75) is 63.9 Å². The highest BCUT2D eigenvalue weighted by Crippen LogP contribution is 2.06. The molecule has 0 spiro atoms. The zero-order chi connectivity index (χ0) is 24.1. The number of amides is 3. The second-order valence-corrected chi connectivity index (χ2v) is 9.49. The molecule has 0 saturated carbocycles. The predicted octanol–water partition coefficient (Wildman–Crippen LogP) is -0.604. The summed E-state index contributed by atoms with van der Waals surface area (Å²) < 4.78 is 0. The summed E-state index contributed by atoms with van der Waals surface area (Å²) in [6, 6.07) is -4.27. The Kier molecular flexibility index (Phi) is 14.6. The summed E-state index contributed by atoms with van der Waals surface area (Å²) in [6.45, 7) is 4.88. The molecule has 7 N–H and O–H groups in total. The molecule has 0 fully saturated rings. The molecule has 5 atom stereocenters. The van der Waals surface area contributed by atoms with Crippen LogP contribution in [0.1, 0.15) is 33.6 Å². The summed E-state index contributed by atoms with van der Waals surface area (Å²) in [5, 5.41) is 26.7. The number of hydrogen-bond acceptors (Lipinski definition) is 8. The van der Waals surface area contributed by atoms with Gasteiger partial charge in [-0.2, -0.15) is 23.5 Å². The monoisotopic (exact) mass is 480 g/mol. The highest BCUT2D eigenvalue weighted by Gasteiger charge is 2.32. The molecule has 3 amide bonds. The number of carbonyl (C=O) groups is 4. The summed E-state index contributed by atoms with van der Waals surface area (Å²) in [7, 11) is 0. The van der Waals surface area contributed by atoms with Crippen LogP contribution in [-0.2, 0) is 19.2 Å². The maximum atomic E-state index is 12.8. The van der Waals surface area contributed by atoms with Crippen molar-refractivity contribution in [2.24, 2.45) is 11.7 Å². The van der Waals surface area contributed by atoms with E-state index < -0.39 is 54.0 Å². The van der Waals surface area contributed by atoms with Crippen molar-refractivity contribution in [2.75, 3.05) is 24.0 Å². The number of thioether (sulfide) groups is 2. The van der Waals surface area contributed by atoms with E-state index in [4.69, 9.17) is 5.73 Å². The lowest BCUT2D eigenvalue weighted by molar-refractivity contribution is -0.143. The quantitative estimate of drug-likeness (QED) is 0.179. The molecule has 10 nitrogen and oxygen atoms in total. The van der Waals surface area contributed by atoms with E-state index in [1.54, 1.807) is 13.8 Å². The summed E-state index contributed by atoms with van der Waals surface area (Å²) >= 11 is 2.92. The number of nitrogens with two attached hydrogens (primary N) is 1. The third-order valence-electron chi connectivity index (χ3n) is 4.55. The highest BCUT2D eigenvalue weighted by atomic mass is 32.2. The largest absolute Gasteiger partial charge is 0.480 e. The maximum Gasteiger partial charge on any atom is 0.326 e. The first-order chi connectivity index (χ1) is 14.5. The van der Waals surface area contributed by atoms with Crippen LogP contribution in [-0.4, -0.2) is 88.2 Å². The molecular weight excluding hydrogens is 444 g/mol. The Morgan fingerprint density at radius 1 is 0.839 bits per heavy atom. The van der Waals surface area contributed by atoms with E-state index in [2.05, 4.69) is 16.0 Å². The molecule has 0 aliphatic carbocycles. The Labute approximate surface area is 192 Å². The number of carboxylic acid groups (broad SMARTS) is 1. The first kappa shape index (κ1) is 29.5. The third-order valence-corrected chi connectivity index (χ3v) is 5.84. The Hall–Kier alpha value is -1.50. The minimum absolute atomic E-state index is 0.130. The van der Waals surface area contributed by atoms with Crippen LogP contribution in [0.3, 0.4) is 0 Å². The van der Waals surface area contributed by atoms with Gasteiger partial charge in [-0.15, -0.1) is 0 Å². The molecule has 5 unspecified atom stereocenters. The van der Waals surface area contributed by atoms with Crippen LogP contribution in [0.5, 0.6) is 0 Å². The van der Waals surface area contributed by atoms with E-state index in [1.807, 2.05) is 12.5 Å². The van der Waals surface area contributed by atoms with Crippen molar-refractivity contribution in [3.63, 3.8) is 0 Å². The van der Waals surface area contributed by atoms with Crippen LogP contribution in [0, 0.1) is 5.92 Å². The molecule has 0 aliphatic heterocycles. The molecule has 0 saturated heterocycles. The average molecular weight is 481 g/mol. The van der Waals surface area contributed by atoms with Crippen molar-refractivity contribution < 1.29 is 29.4 Å². The van der Waals surface area contributed by atoms with Crippen LogP contribution in [0.25, 0.3) is 0 Å². The molecule has 0 aromatic heterocycles. The molecule has 12 heteroatoms. The van der Waals surface area contributed by atoms with Gasteiger partial charge in [-0.25, -0.2) is 4.79 Å². The highest BCUT2D eigenvalue weighted by molar-refractivity contribution is 7.98. The minimum atomic E-state index is -1.38. The SMILES string of the molecule is CSCCC(NC(=O)C(NC(=O)C(CCSC)NC(=O)C(N)C(C)C)C(C)O)C(=O)O. The van der Waals surface area contributed by atoms with Gasteiger partial charge >= 0.3 is 5.97 Å². The van der Waals surface area contributed by atoms with Gasteiger partial charge in [-0.05, 0) is 49.7 Å². The molecule has 0 aromatic carbocycles. The third kappa shape index (κ3) is 11.1. The number of hydrogen-bond donors (Lipinski definition) is 6. The normalized spacial score (nSPS) is 16.0. The number of aliphatic hydroxyl groups excluding tert-OH is 1. The number of carbonyl (C=O) groups excluding carboxylic acids is 3. The number of aliphatic hydroxyl groups is 1. The van der Waals surface area contributed by atoms with Gasteiger partial charge in [-0.1, -0.05) is 13.8 Å². The molecule has 0 aromatic rings. The van der Waals surface area contributed by atoms with Crippen LogP contribution < -0.4 is 21.7 Å². The Morgan fingerprint density at radius 2 is 1.32 bits per heavy atom. The number of aliphatic carboxylic acids is 1. The Morgan fingerprint density at radius 3 is 1.74 bits per heavy atom. The van der Waals surface area contributed by atoms with Crippen LogP contribution in [0.4, 0.5) is 0 Å². The van der Waals surface area contributed by atoms with E-state index >= 15 is 0 Å². The van der Waals surface area contributed by atoms with Gasteiger partial charge in [0.2, 0.25) is 17.7 Å². The van der Waals surface area contributed by atoms with Crippen molar-refractivity contribution in [1.29, 1.82) is 0 Å². The van der Waals surface area contributed by atoms with Gasteiger partial charge in [0.25, 0.3) is 0 Å². The summed E-state index contributed by atoms with van der Waals surface area (Å²) in [5.74, 6) is -2.21. The lowest BCUT2D eigenvalue weighted by Gasteiger charge is -2.27. The molecule has 0 aliphatic rings.